The molecule has 110 valence electrons. The van der Waals surface area contributed by atoms with Crippen LogP contribution in [-0.2, 0) is 11.2 Å². The van der Waals surface area contributed by atoms with Gasteiger partial charge in [-0.2, -0.15) is 0 Å². The first kappa shape index (κ1) is 14.7. The van der Waals surface area contributed by atoms with E-state index in [0.717, 1.165) is 12.1 Å². The van der Waals surface area contributed by atoms with Crippen LogP contribution >= 0.6 is 0 Å². The predicted molar refractivity (Wildman–Crippen MR) is 68.2 cm³/mol. The zero-order chi connectivity index (χ0) is 14.8. The normalized spacial score (nSPS) is 22.1. The monoisotopic (exact) mass is 285 g/mol. The minimum Gasteiger partial charge on any atom is -0.450 e. The van der Waals surface area contributed by atoms with Gasteiger partial charge >= 0.3 is 6.09 Å². The summed E-state index contributed by atoms with van der Waals surface area (Å²) in [4.78, 5) is 13.0. The number of carbonyl (C=O) groups is 1. The van der Waals surface area contributed by atoms with E-state index in [2.05, 4.69) is 0 Å². The number of rotatable bonds is 3. The smallest absolute Gasteiger partial charge is 0.409 e. The fraction of sp³-hybridized carbons (Fsp3) is 0.500. The van der Waals surface area contributed by atoms with Gasteiger partial charge in [-0.15, -0.1) is 0 Å². The van der Waals surface area contributed by atoms with Gasteiger partial charge in [-0.3, -0.25) is 0 Å². The molecular weight excluding hydrogens is 268 g/mol. The Morgan fingerprint density at radius 1 is 1.50 bits per heavy atom. The molecule has 1 amide bonds. The van der Waals surface area contributed by atoms with Gasteiger partial charge in [-0.1, -0.05) is 6.07 Å². The van der Waals surface area contributed by atoms with Crippen molar-refractivity contribution in [3.05, 3.63) is 35.4 Å². The van der Waals surface area contributed by atoms with Gasteiger partial charge in [0, 0.05) is 19.0 Å². The van der Waals surface area contributed by atoms with Gasteiger partial charge < -0.3 is 14.7 Å². The van der Waals surface area contributed by atoms with Crippen LogP contribution in [0.25, 0.3) is 0 Å². The Bertz CT molecular complexity index is 509. The maximum atomic E-state index is 13.6. The lowest BCUT2D eigenvalue weighted by Gasteiger charge is -2.23. The highest BCUT2D eigenvalue weighted by atomic mass is 19.1. The first-order chi connectivity index (χ1) is 9.43. The van der Waals surface area contributed by atoms with Gasteiger partial charge in [0.2, 0.25) is 0 Å². The third kappa shape index (κ3) is 3.25. The summed E-state index contributed by atoms with van der Waals surface area (Å²) in [6.45, 7) is 2.41. The third-order valence-electron chi connectivity index (χ3n) is 3.39. The molecule has 0 bridgehead atoms. The molecule has 0 saturated carbocycles. The van der Waals surface area contributed by atoms with E-state index >= 15 is 0 Å². The van der Waals surface area contributed by atoms with Crippen molar-refractivity contribution in [2.24, 2.45) is 0 Å². The molecule has 1 aromatic carbocycles. The number of likely N-dealkylation sites (tertiary alicyclic amines) is 1. The fourth-order valence-electron chi connectivity index (χ4n) is 2.39. The molecular formula is C14H17F2NO3. The van der Waals surface area contributed by atoms with E-state index in [1.807, 2.05) is 0 Å². The van der Waals surface area contributed by atoms with E-state index < -0.39 is 23.3 Å². The molecule has 0 aromatic heterocycles. The van der Waals surface area contributed by atoms with Gasteiger partial charge in [-0.05, 0) is 25.0 Å². The first-order valence-corrected chi connectivity index (χ1v) is 6.51. The molecule has 1 fully saturated rings. The zero-order valence-electron chi connectivity index (χ0n) is 11.2. The number of β-amino-alcohol motifs (C(OH)–C–C–N with tert-alkyl or cyclic N) is 1. The van der Waals surface area contributed by atoms with Crippen molar-refractivity contribution in [1.29, 1.82) is 0 Å². The van der Waals surface area contributed by atoms with E-state index in [9.17, 15) is 18.7 Å². The van der Waals surface area contributed by atoms with Crippen molar-refractivity contribution < 1.29 is 23.4 Å². The molecule has 0 spiro atoms. The molecule has 0 radical (unpaired) electrons. The highest BCUT2D eigenvalue weighted by Gasteiger charge is 2.39. The number of nitrogens with zero attached hydrogens (tertiary/aromatic N) is 1. The Morgan fingerprint density at radius 2 is 2.25 bits per heavy atom. The van der Waals surface area contributed by atoms with Crippen molar-refractivity contribution in [2.75, 3.05) is 19.7 Å². The number of aliphatic hydroxyl groups is 1. The van der Waals surface area contributed by atoms with E-state index in [1.165, 1.54) is 11.0 Å². The molecule has 1 aliphatic rings. The summed E-state index contributed by atoms with van der Waals surface area (Å²) in [5.74, 6) is -1.34. The van der Waals surface area contributed by atoms with Crippen LogP contribution in [0.2, 0.25) is 0 Å². The molecule has 1 N–H and O–H groups in total. The van der Waals surface area contributed by atoms with E-state index in [0.29, 0.717) is 13.0 Å². The van der Waals surface area contributed by atoms with Crippen molar-refractivity contribution in [1.82, 2.24) is 4.90 Å². The van der Waals surface area contributed by atoms with E-state index in [1.54, 1.807) is 6.92 Å². The lowest BCUT2D eigenvalue weighted by atomic mass is 9.93. The average molecular weight is 285 g/mol. The molecule has 4 nitrogen and oxygen atoms in total. The highest BCUT2D eigenvalue weighted by molar-refractivity contribution is 5.68. The molecule has 1 saturated heterocycles. The van der Waals surface area contributed by atoms with Crippen LogP contribution in [0, 0.1) is 11.6 Å². The van der Waals surface area contributed by atoms with Gasteiger partial charge in [0.15, 0.2) is 0 Å². The van der Waals surface area contributed by atoms with Crippen molar-refractivity contribution in [2.45, 2.75) is 25.4 Å². The number of halogens is 2. The number of carbonyl (C=O) groups excluding carboxylic acids is 1. The van der Waals surface area contributed by atoms with Crippen LogP contribution < -0.4 is 0 Å². The largest absolute Gasteiger partial charge is 0.450 e. The minimum absolute atomic E-state index is 0.0367. The molecule has 0 aliphatic carbocycles. The summed E-state index contributed by atoms with van der Waals surface area (Å²) in [5, 5.41) is 10.4. The van der Waals surface area contributed by atoms with Crippen molar-refractivity contribution in [3.63, 3.8) is 0 Å². The highest BCUT2D eigenvalue weighted by Crippen LogP contribution is 2.27. The van der Waals surface area contributed by atoms with Crippen molar-refractivity contribution >= 4 is 6.09 Å². The fourth-order valence-corrected chi connectivity index (χ4v) is 2.39. The Balaban J connectivity index is 2.04. The first-order valence-electron chi connectivity index (χ1n) is 6.51. The third-order valence-corrected chi connectivity index (χ3v) is 3.39. The Kier molecular flexibility index (Phi) is 4.23. The van der Waals surface area contributed by atoms with Crippen molar-refractivity contribution in [3.8, 4) is 0 Å². The van der Waals surface area contributed by atoms with E-state index in [4.69, 9.17) is 4.74 Å². The predicted octanol–water partition coefficient (Wildman–Crippen LogP) is 2.10. The average Bonchev–Trinajstić information content (AvgIpc) is 2.76. The Labute approximate surface area is 116 Å². The topological polar surface area (TPSA) is 49.8 Å². The van der Waals surface area contributed by atoms with Crippen LogP contribution in [0.3, 0.4) is 0 Å². The molecule has 1 heterocycles. The number of ether oxygens (including phenoxy) is 1. The Morgan fingerprint density at radius 3 is 2.90 bits per heavy atom. The second kappa shape index (κ2) is 5.75. The lowest BCUT2D eigenvalue weighted by molar-refractivity contribution is 0.0447. The summed E-state index contributed by atoms with van der Waals surface area (Å²) in [5.41, 5.74) is -0.967. The standard InChI is InChI=1S/C14H17F2NO3/c1-2-20-13(18)17-6-5-14(19,9-17)8-10-3-4-11(15)7-12(10)16/h3-4,7,19H,2,5-6,8-9H2,1H3. The summed E-state index contributed by atoms with van der Waals surface area (Å²) >= 11 is 0. The second-order valence-electron chi connectivity index (χ2n) is 5.01. The van der Waals surface area contributed by atoms with Gasteiger partial charge in [0.1, 0.15) is 11.6 Å². The minimum atomic E-state index is -1.20. The molecule has 1 aliphatic heterocycles. The maximum Gasteiger partial charge on any atom is 0.409 e. The summed E-state index contributed by atoms with van der Waals surface area (Å²) in [6, 6.07) is 3.26. The zero-order valence-corrected chi connectivity index (χ0v) is 11.2. The van der Waals surface area contributed by atoms with Crippen LogP contribution in [0.4, 0.5) is 13.6 Å². The molecule has 6 heteroatoms. The summed E-state index contributed by atoms with van der Waals surface area (Å²) in [6.07, 6.45) is -0.111. The summed E-state index contributed by atoms with van der Waals surface area (Å²) < 4.78 is 31.3. The number of hydrogen-bond acceptors (Lipinski definition) is 3. The molecule has 20 heavy (non-hydrogen) atoms. The van der Waals surface area contributed by atoms with Gasteiger partial charge in [0.05, 0.1) is 18.8 Å². The second-order valence-corrected chi connectivity index (χ2v) is 5.01. The SMILES string of the molecule is CCOC(=O)N1CCC(O)(Cc2ccc(F)cc2F)C1. The number of amides is 1. The lowest BCUT2D eigenvalue weighted by Crippen LogP contribution is -2.38. The van der Waals surface area contributed by atoms with Gasteiger partial charge in [0.25, 0.3) is 0 Å². The molecule has 1 unspecified atom stereocenters. The van der Waals surface area contributed by atoms with E-state index in [-0.39, 0.29) is 25.1 Å². The summed E-state index contributed by atoms with van der Waals surface area (Å²) in [7, 11) is 0. The quantitative estimate of drug-likeness (QED) is 0.925. The number of hydrogen-bond donors (Lipinski definition) is 1. The Hall–Kier alpha value is -1.69. The maximum absolute atomic E-state index is 13.6. The molecule has 2 rings (SSSR count). The van der Waals surface area contributed by atoms with Crippen LogP contribution in [0.1, 0.15) is 18.9 Å². The van der Waals surface area contributed by atoms with Gasteiger partial charge in [-0.25, -0.2) is 13.6 Å². The molecule has 1 aromatic rings. The van der Waals surface area contributed by atoms with Crippen LogP contribution in [-0.4, -0.2) is 41.4 Å². The molecule has 1 atom stereocenters. The van der Waals surface area contributed by atoms with Crippen LogP contribution in [0.15, 0.2) is 18.2 Å². The number of benzene rings is 1. The van der Waals surface area contributed by atoms with Crippen LogP contribution in [0.5, 0.6) is 0 Å².